The van der Waals surface area contributed by atoms with Crippen molar-refractivity contribution in [2.45, 2.75) is 70.3 Å². The van der Waals surface area contributed by atoms with E-state index in [-0.39, 0.29) is 17.3 Å². The van der Waals surface area contributed by atoms with Gasteiger partial charge >= 0.3 is 5.97 Å². The van der Waals surface area contributed by atoms with Crippen LogP contribution in [0.1, 0.15) is 63.5 Å². The number of esters is 1. The number of ether oxygens (including phenoxy) is 1. The zero-order valence-electron chi connectivity index (χ0n) is 14.5. The lowest BCUT2D eigenvalue weighted by Gasteiger charge is -2.56. The van der Waals surface area contributed by atoms with Crippen molar-refractivity contribution in [3.05, 3.63) is 11.6 Å². The van der Waals surface area contributed by atoms with E-state index in [4.69, 9.17) is 4.74 Å². The molecule has 4 fully saturated rings. The molecule has 4 bridgehead atoms. The topological polar surface area (TPSA) is 57.0 Å². The number of hydrogen-bond donors (Lipinski definition) is 0. The van der Waals surface area contributed by atoms with Crippen molar-refractivity contribution in [1.82, 2.24) is 14.8 Å². The predicted molar refractivity (Wildman–Crippen MR) is 88.3 cm³/mol. The Morgan fingerprint density at radius 3 is 2.46 bits per heavy atom. The number of aromatic nitrogens is 3. The molecule has 6 rings (SSSR count). The average molecular weight is 329 g/mol. The van der Waals surface area contributed by atoms with Crippen LogP contribution in [0.3, 0.4) is 0 Å². The molecule has 1 unspecified atom stereocenters. The highest BCUT2D eigenvalue weighted by molar-refractivity contribution is 5.72. The molecule has 0 spiro atoms. The zero-order chi connectivity index (χ0) is 16.3. The summed E-state index contributed by atoms with van der Waals surface area (Å²) in [5.74, 6) is 4.90. The van der Waals surface area contributed by atoms with Gasteiger partial charge < -0.3 is 9.30 Å². The first-order chi connectivity index (χ1) is 11.7. The summed E-state index contributed by atoms with van der Waals surface area (Å²) in [6, 6.07) is 0. The van der Waals surface area contributed by atoms with Crippen LogP contribution in [0.25, 0.3) is 0 Å². The van der Waals surface area contributed by atoms with Gasteiger partial charge in [-0.2, -0.15) is 0 Å². The van der Waals surface area contributed by atoms with Crippen molar-refractivity contribution in [2.24, 2.45) is 23.7 Å². The quantitative estimate of drug-likeness (QED) is 0.800. The molecule has 24 heavy (non-hydrogen) atoms. The Labute approximate surface area is 143 Å². The Morgan fingerprint density at radius 2 is 1.83 bits per heavy atom. The number of fused-ring (bicyclic) bond motifs is 1. The molecule has 4 saturated carbocycles. The van der Waals surface area contributed by atoms with Gasteiger partial charge in [0.15, 0.2) is 0 Å². The summed E-state index contributed by atoms with van der Waals surface area (Å²) in [7, 11) is 0. The van der Waals surface area contributed by atoms with E-state index < -0.39 is 0 Å². The summed E-state index contributed by atoms with van der Waals surface area (Å²) in [5.41, 5.74) is 0.247. The lowest BCUT2D eigenvalue weighted by molar-refractivity contribution is -0.149. The van der Waals surface area contributed by atoms with Crippen LogP contribution in [-0.2, 0) is 27.9 Å². The fraction of sp³-hybridized carbons (Fsp3) is 0.842. The van der Waals surface area contributed by atoms with Gasteiger partial charge in [0.05, 0.1) is 12.5 Å². The zero-order valence-corrected chi connectivity index (χ0v) is 14.5. The molecular weight excluding hydrogens is 302 g/mol. The normalized spacial score (nSPS) is 39.7. The summed E-state index contributed by atoms with van der Waals surface area (Å²) in [4.78, 5) is 12.2. The molecule has 2 heterocycles. The van der Waals surface area contributed by atoms with Crippen LogP contribution >= 0.6 is 0 Å². The van der Waals surface area contributed by atoms with Gasteiger partial charge in [-0.15, -0.1) is 10.2 Å². The molecule has 0 saturated heterocycles. The van der Waals surface area contributed by atoms with Gasteiger partial charge in [-0.25, -0.2) is 0 Å². The minimum Gasteiger partial charge on any atom is -0.466 e. The SMILES string of the molecule is CCOC(=O)C1CCc2nnc(C34CC5CC(CC(C5)C3)C4)n2C1. The van der Waals surface area contributed by atoms with Crippen molar-refractivity contribution in [3.8, 4) is 0 Å². The summed E-state index contributed by atoms with van der Waals surface area (Å²) < 4.78 is 7.57. The third kappa shape index (κ3) is 2.16. The van der Waals surface area contributed by atoms with E-state index in [2.05, 4.69) is 14.8 Å². The third-order valence-corrected chi connectivity index (χ3v) is 7.08. The Bertz CT molecular complexity index is 630. The number of carbonyl (C=O) groups excluding carboxylic acids is 1. The monoisotopic (exact) mass is 329 g/mol. The number of aryl methyl sites for hydroxylation is 1. The molecule has 1 aliphatic heterocycles. The van der Waals surface area contributed by atoms with Gasteiger partial charge in [0.1, 0.15) is 11.6 Å². The highest BCUT2D eigenvalue weighted by Crippen LogP contribution is 2.60. The first-order valence-corrected chi connectivity index (χ1v) is 9.76. The second-order valence-electron chi connectivity index (χ2n) is 8.74. The first-order valence-electron chi connectivity index (χ1n) is 9.76. The molecule has 5 nitrogen and oxygen atoms in total. The van der Waals surface area contributed by atoms with E-state index >= 15 is 0 Å². The second-order valence-corrected chi connectivity index (χ2v) is 8.74. The van der Waals surface area contributed by atoms with Crippen molar-refractivity contribution in [3.63, 3.8) is 0 Å². The fourth-order valence-corrected chi connectivity index (χ4v) is 6.56. The van der Waals surface area contributed by atoms with Gasteiger partial charge in [0.2, 0.25) is 0 Å². The van der Waals surface area contributed by atoms with Gasteiger partial charge in [0, 0.05) is 18.4 Å². The van der Waals surface area contributed by atoms with E-state index in [1.807, 2.05) is 6.92 Å². The summed E-state index contributed by atoms with van der Waals surface area (Å²) in [6.45, 7) is 3.07. The molecule has 130 valence electrons. The predicted octanol–water partition coefficient (Wildman–Crippen LogP) is 2.87. The van der Waals surface area contributed by atoms with E-state index in [1.54, 1.807) is 0 Å². The average Bonchev–Trinajstić information content (AvgIpc) is 2.97. The molecule has 4 aliphatic carbocycles. The third-order valence-electron chi connectivity index (χ3n) is 7.08. The maximum Gasteiger partial charge on any atom is 0.310 e. The molecule has 1 aromatic heterocycles. The minimum absolute atomic E-state index is 0.0267. The molecule has 1 aromatic rings. The van der Waals surface area contributed by atoms with Crippen LogP contribution in [0, 0.1) is 23.7 Å². The Balaban J connectivity index is 1.47. The highest BCUT2D eigenvalue weighted by atomic mass is 16.5. The number of carbonyl (C=O) groups is 1. The molecule has 0 aromatic carbocycles. The van der Waals surface area contributed by atoms with E-state index in [1.165, 1.54) is 44.3 Å². The highest BCUT2D eigenvalue weighted by Gasteiger charge is 2.54. The molecular formula is C19H27N3O2. The largest absolute Gasteiger partial charge is 0.466 e. The molecule has 5 aliphatic rings. The molecule has 5 heteroatoms. The second kappa shape index (κ2) is 5.30. The number of nitrogens with zero attached hydrogens (tertiary/aromatic N) is 3. The maximum absolute atomic E-state index is 12.2. The Hall–Kier alpha value is -1.39. The maximum atomic E-state index is 12.2. The lowest BCUT2D eigenvalue weighted by atomic mass is 9.49. The summed E-state index contributed by atoms with van der Waals surface area (Å²) >= 11 is 0. The van der Waals surface area contributed by atoms with Gasteiger partial charge in [-0.1, -0.05) is 0 Å². The Kier molecular flexibility index (Phi) is 3.29. The van der Waals surface area contributed by atoms with Gasteiger partial charge in [0.25, 0.3) is 0 Å². The number of rotatable bonds is 3. The summed E-state index contributed by atoms with van der Waals surface area (Å²) in [5, 5.41) is 9.20. The Morgan fingerprint density at radius 1 is 1.17 bits per heavy atom. The first kappa shape index (κ1) is 14.9. The minimum atomic E-state index is -0.0479. The van der Waals surface area contributed by atoms with Gasteiger partial charge in [-0.05, 0) is 69.6 Å². The van der Waals surface area contributed by atoms with Crippen molar-refractivity contribution < 1.29 is 9.53 Å². The summed E-state index contributed by atoms with van der Waals surface area (Å²) in [6.07, 6.45) is 9.88. The smallest absolute Gasteiger partial charge is 0.310 e. The van der Waals surface area contributed by atoms with E-state index in [0.717, 1.165) is 43.0 Å². The molecule has 1 atom stereocenters. The molecule has 0 N–H and O–H groups in total. The van der Waals surface area contributed by atoms with Crippen molar-refractivity contribution in [2.75, 3.05) is 6.61 Å². The molecule has 0 radical (unpaired) electrons. The fourth-order valence-electron chi connectivity index (χ4n) is 6.56. The van der Waals surface area contributed by atoms with Crippen LogP contribution < -0.4 is 0 Å². The van der Waals surface area contributed by atoms with Crippen LogP contribution in [0.4, 0.5) is 0 Å². The van der Waals surface area contributed by atoms with Crippen molar-refractivity contribution >= 4 is 5.97 Å². The van der Waals surface area contributed by atoms with Crippen LogP contribution in [0.5, 0.6) is 0 Å². The van der Waals surface area contributed by atoms with Crippen LogP contribution in [-0.4, -0.2) is 27.3 Å². The van der Waals surface area contributed by atoms with Crippen LogP contribution in [0.2, 0.25) is 0 Å². The van der Waals surface area contributed by atoms with Crippen LogP contribution in [0.15, 0.2) is 0 Å². The van der Waals surface area contributed by atoms with E-state index in [9.17, 15) is 4.79 Å². The lowest BCUT2D eigenvalue weighted by Crippen LogP contribution is -2.50. The standard InChI is InChI=1S/C19H27N3O2/c1-2-24-17(23)15-3-4-16-20-21-18(22(16)11-15)19-8-12-5-13(9-19)7-14(6-12)10-19/h12-15H,2-11H2,1H3. The van der Waals surface area contributed by atoms with E-state index in [0.29, 0.717) is 6.61 Å². The van der Waals surface area contributed by atoms with Gasteiger partial charge in [-0.3, -0.25) is 4.79 Å². The molecule has 0 amide bonds. The van der Waals surface area contributed by atoms with Crippen molar-refractivity contribution in [1.29, 1.82) is 0 Å². The number of hydrogen-bond acceptors (Lipinski definition) is 4.